The van der Waals surface area contributed by atoms with Crippen LogP contribution in [0.15, 0.2) is 46.1 Å². The average Bonchev–Trinajstić information content (AvgIpc) is 3.76. The van der Waals surface area contributed by atoms with Gasteiger partial charge in [0.25, 0.3) is 11.7 Å². The van der Waals surface area contributed by atoms with Gasteiger partial charge in [0.15, 0.2) is 5.75 Å². The fourth-order valence-electron chi connectivity index (χ4n) is 9.03. The summed E-state index contributed by atoms with van der Waals surface area (Å²) < 4.78 is 29.6. The zero-order valence-corrected chi connectivity index (χ0v) is 38.6. The van der Waals surface area contributed by atoms with E-state index in [0.29, 0.717) is 13.0 Å². The van der Waals surface area contributed by atoms with E-state index in [1.807, 2.05) is 0 Å². The van der Waals surface area contributed by atoms with Crippen molar-refractivity contribution in [3.63, 3.8) is 0 Å². The van der Waals surface area contributed by atoms with E-state index in [0.717, 1.165) is 0 Å². The van der Waals surface area contributed by atoms with E-state index >= 15 is 0 Å². The van der Waals surface area contributed by atoms with E-state index in [1.54, 1.807) is 67.5 Å². The van der Waals surface area contributed by atoms with E-state index < -0.39 is 100 Å². The lowest BCUT2D eigenvalue weighted by atomic mass is 9.78. The number of methoxy groups -OCH3 is 1. The summed E-state index contributed by atoms with van der Waals surface area (Å²) in [5, 5.41) is 49.7. The second-order valence-electron chi connectivity index (χ2n) is 18.9. The first kappa shape index (κ1) is 47.9. The molecule has 2 aromatic carbocycles. The van der Waals surface area contributed by atoms with Gasteiger partial charge in [-0.3, -0.25) is 24.4 Å². The number of ketones is 1. The number of hydrogen-bond acceptors (Lipinski definition) is 15. The molecule has 17 nitrogen and oxygen atoms in total. The number of nitrogens with one attached hydrogen (secondary N) is 1. The number of aliphatic hydroxyl groups excluding tert-OH is 2. The molecular formula is C47H62N4O13. The summed E-state index contributed by atoms with van der Waals surface area (Å²) in [5.74, 6) is -7.49. The number of phenolic OH excluding ortho intramolecular Hbond substituents is 2. The van der Waals surface area contributed by atoms with Gasteiger partial charge in [0, 0.05) is 67.7 Å². The molecule has 6 rings (SSSR count). The predicted octanol–water partition coefficient (Wildman–Crippen LogP) is 4.68. The second-order valence-corrected chi connectivity index (χ2v) is 18.9. The molecule has 2 amide bonds. The van der Waals surface area contributed by atoms with Crippen LogP contribution in [0.4, 0.5) is 10.5 Å². The van der Waals surface area contributed by atoms with Crippen LogP contribution in [0.3, 0.4) is 0 Å². The molecule has 1 spiro atoms. The van der Waals surface area contributed by atoms with E-state index in [4.69, 9.17) is 33.7 Å². The van der Waals surface area contributed by atoms with Crippen LogP contribution in [0.25, 0.3) is 10.8 Å². The van der Waals surface area contributed by atoms with Crippen molar-refractivity contribution in [1.29, 1.82) is 0 Å². The van der Waals surface area contributed by atoms with Gasteiger partial charge in [-0.1, -0.05) is 45.9 Å². The molecule has 348 valence electrons. The Labute approximate surface area is 372 Å². The molecule has 5 N–H and O–H groups in total. The Morgan fingerprint density at radius 3 is 2.30 bits per heavy atom. The lowest BCUT2D eigenvalue weighted by Crippen LogP contribution is -2.47. The molecule has 17 heteroatoms. The number of benzene rings is 2. The average molecular weight is 891 g/mol. The van der Waals surface area contributed by atoms with Gasteiger partial charge in [-0.25, -0.2) is 4.79 Å². The standard InChI is InChI=1S/C47H62N4O13/c1-22-14-13-15-23(2)43(58)49-35-34-33(50-47(20-48-34)17-18-51(21-47)44(59)64-45(8,9)10)30-31(39(35)56)38(55)27(6)41-32(30)42(57)46(11,63-41)61-19-16-29(60-12)24(3)40(62-28(7)52)26(5)37(54)25(4)36(22)53/h13-16,19,22,24-26,29,36-37,40,53-56H,17-18,20-21H2,1-12H3,(H,49,58)/b14-13+,19-16+,23-15+/t22-,24?,25-,26+,29+,36+,37-,40+,46-,47?/m0/s1. The van der Waals surface area contributed by atoms with Gasteiger partial charge >= 0.3 is 17.8 Å². The van der Waals surface area contributed by atoms with Crippen molar-refractivity contribution in [2.45, 2.75) is 124 Å². The third-order valence-electron chi connectivity index (χ3n) is 12.8. The number of anilines is 1. The molecule has 0 radical (unpaired) electrons. The molecule has 0 saturated carbocycles. The smallest absolute Gasteiger partial charge is 0.410 e. The van der Waals surface area contributed by atoms with Crippen LogP contribution < -0.4 is 20.8 Å². The maximum Gasteiger partial charge on any atom is 0.410 e. The Balaban J connectivity index is 1.56. The van der Waals surface area contributed by atoms with Crippen molar-refractivity contribution in [1.82, 2.24) is 4.90 Å². The highest BCUT2D eigenvalue weighted by Gasteiger charge is 2.50. The molecule has 0 aliphatic carbocycles. The number of nitrogens with zero attached hydrogens (tertiary/aromatic N) is 3. The van der Waals surface area contributed by atoms with Crippen molar-refractivity contribution in [3.05, 3.63) is 58.0 Å². The largest absolute Gasteiger partial charge is 0.507 e. The normalized spacial score (nSPS) is 33.0. The van der Waals surface area contributed by atoms with E-state index in [1.165, 1.54) is 51.2 Å². The van der Waals surface area contributed by atoms with Crippen LogP contribution in [0.1, 0.15) is 91.6 Å². The Morgan fingerprint density at radius 1 is 0.969 bits per heavy atom. The molecule has 4 bridgehead atoms. The number of aromatic hydroxyl groups is 2. The zero-order valence-electron chi connectivity index (χ0n) is 38.6. The van der Waals surface area contributed by atoms with Gasteiger partial charge in [-0.2, -0.15) is 0 Å². The first-order chi connectivity index (χ1) is 29.8. The van der Waals surface area contributed by atoms with Crippen LogP contribution in [0, 0.1) is 30.6 Å². The van der Waals surface area contributed by atoms with Crippen LogP contribution in [-0.4, -0.2) is 117 Å². The van der Waals surface area contributed by atoms with E-state index in [9.17, 15) is 39.6 Å². The van der Waals surface area contributed by atoms with Crippen molar-refractivity contribution < 1.29 is 63.3 Å². The summed E-state index contributed by atoms with van der Waals surface area (Å²) in [5.41, 5.74) is -1.68. The van der Waals surface area contributed by atoms with Crippen molar-refractivity contribution in [2.24, 2.45) is 33.7 Å². The molecular weight excluding hydrogens is 829 g/mol. The minimum Gasteiger partial charge on any atom is -0.507 e. The van der Waals surface area contributed by atoms with E-state index in [2.05, 4.69) is 5.32 Å². The summed E-state index contributed by atoms with van der Waals surface area (Å²) >= 11 is 0. The van der Waals surface area contributed by atoms with Crippen molar-refractivity contribution in [2.75, 3.05) is 32.1 Å². The molecule has 2 unspecified atom stereocenters. The fraction of sp³-hybridized carbons (Fsp3) is 0.574. The predicted molar refractivity (Wildman–Crippen MR) is 234 cm³/mol. The van der Waals surface area contributed by atoms with Crippen LogP contribution in [-0.2, 0) is 28.5 Å². The number of aliphatic hydroxyl groups is 2. The highest BCUT2D eigenvalue weighted by atomic mass is 16.7. The number of Topliss-reactive ketones (excluding diaryl/α,β-unsaturated/α-hetero) is 1. The Morgan fingerprint density at radius 2 is 1.66 bits per heavy atom. The maximum absolute atomic E-state index is 14.8. The number of esters is 1. The monoisotopic (exact) mass is 890 g/mol. The first-order valence-corrected chi connectivity index (χ1v) is 21.6. The highest BCUT2D eigenvalue weighted by Crippen LogP contribution is 2.49. The number of likely N-dealkylation sites (tertiary alicyclic amines) is 1. The third kappa shape index (κ3) is 8.94. The summed E-state index contributed by atoms with van der Waals surface area (Å²) in [6, 6.07) is 0. The van der Waals surface area contributed by atoms with Crippen molar-refractivity contribution in [3.8, 4) is 17.2 Å². The molecule has 0 aromatic heterocycles. The number of hydrogen-bond donors (Lipinski definition) is 5. The highest BCUT2D eigenvalue weighted by molar-refractivity contribution is 6.19. The molecule has 4 heterocycles. The topological polar surface area (TPSA) is 235 Å². The minimum atomic E-state index is -2.03. The van der Waals surface area contributed by atoms with Crippen LogP contribution in [0.2, 0.25) is 0 Å². The summed E-state index contributed by atoms with van der Waals surface area (Å²) in [7, 11) is 1.45. The minimum absolute atomic E-state index is 0.00929. The van der Waals surface area contributed by atoms with Crippen molar-refractivity contribution >= 4 is 40.2 Å². The number of phenols is 2. The second kappa shape index (κ2) is 17.8. The van der Waals surface area contributed by atoms with Gasteiger partial charge in [0.1, 0.15) is 39.8 Å². The lowest BCUT2D eigenvalue weighted by Gasteiger charge is -2.38. The van der Waals surface area contributed by atoms with Gasteiger partial charge in [-0.15, -0.1) is 0 Å². The molecule has 64 heavy (non-hydrogen) atoms. The molecule has 1 saturated heterocycles. The van der Waals surface area contributed by atoms with Gasteiger partial charge in [0.05, 0.1) is 54.0 Å². The summed E-state index contributed by atoms with van der Waals surface area (Å²) in [4.78, 5) is 66.0. The molecule has 1 fully saturated rings. The quantitative estimate of drug-likeness (QED) is 0.204. The Kier molecular flexibility index (Phi) is 13.3. The van der Waals surface area contributed by atoms with Crippen LogP contribution in [0.5, 0.6) is 17.2 Å². The number of carbonyl (C=O) groups is 4. The maximum atomic E-state index is 14.8. The lowest BCUT2D eigenvalue weighted by molar-refractivity contribution is -0.160. The summed E-state index contributed by atoms with van der Waals surface area (Å²) in [6.07, 6.45) is 3.49. The third-order valence-corrected chi connectivity index (χ3v) is 12.8. The SMILES string of the molecule is CO[C@@H]1/C=C/O[C@@]2(C)Oc3c(C)c(O)c4c(O)c(c5c(c4c3C2=O)=NC2(CCN(C(=O)OC(C)(C)C)C2)CN=5)NC(=O)/C(C)=C/C=C/[C@H](C)[C@@H](O)[C@H](C)[C@H](O)[C@@H](C)[C@H](OC(C)=O)C1C. The number of allylic oxidation sites excluding steroid dienone is 2. The zero-order chi connectivity index (χ0) is 47.4. The molecule has 4 aliphatic rings. The fourth-order valence-corrected chi connectivity index (χ4v) is 9.03. The molecule has 10 atom stereocenters. The van der Waals surface area contributed by atoms with Gasteiger partial charge < -0.3 is 54.3 Å². The van der Waals surface area contributed by atoms with Gasteiger partial charge in [-0.05, 0) is 47.1 Å². The number of fused-ring (bicyclic) bond motifs is 1. The Hall–Kier alpha value is -5.52. The number of amides is 2. The van der Waals surface area contributed by atoms with E-state index in [-0.39, 0.29) is 62.7 Å². The summed E-state index contributed by atoms with van der Waals surface area (Å²) in [6.45, 7) is 18.4. The van der Waals surface area contributed by atoms with Gasteiger partial charge in [0.2, 0.25) is 0 Å². The first-order valence-electron chi connectivity index (χ1n) is 21.6. The number of carbonyl (C=O) groups excluding carboxylic acids is 4. The number of ether oxygens (including phenoxy) is 5. The number of rotatable bonds is 2. The molecule has 2 aromatic rings. The Bertz CT molecular complexity index is 2460. The van der Waals surface area contributed by atoms with Crippen LogP contribution >= 0.6 is 0 Å². The molecule has 4 aliphatic heterocycles.